The fourth-order valence-electron chi connectivity index (χ4n) is 4.00. The lowest BCUT2D eigenvalue weighted by atomic mass is 9.85. The van der Waals surface area contributed by atoms with Crippen LogP contribution in [0.3, 0.4) is 0 Å². The highest BCUT2D eigenvalue weighted by Crippen LogP contribution is 2.28. The van der Waals surface area contributed by atoms with Crippen LogP contribution >= 0.6 is 0 Å². The molecule has 0 atom stereocenters. The Bertz CT molecular complexity index is 526. The fourth-order valence-corrected chi connectivity index (χ4v) is 4.00. The quantitative estimate of drug-likeness (QED) is 0.786. The second-order valence-corrected chi connectivity index (χ2v) is 7.09. The Morgan fingerprint density at radius 1 is 0.913 bits per heavy atom. The Hall–Kier alpha value is -1.64. The SMILES string of the molecule is O=C(c1ccccc1)C1CCN(C(=O)CC2CCCCC2)CC1. The summed E-state index contributed by atoms with van der Waals surface area (Å²) >= 11 is 0. The van der Waals surface area contributed by atoms with Crippen molar-refractivity contribution in [1.82, 2.24) is 4.90 Å². The van der Waals surface area contributed by atoms with Crippen LogP contribution in [0.4, 0.5) is 0 Å². The van der Waals surface area contributed by atoms with E-state index in [4.69, 9.17) is 0 Å². The predicted octanol–water partition coefficient (Wildman–Crippen LogP) is 4.08. The largest absolute Gasteiger partial charge is 0.343 e. The lowest BCUT2D eigenvalue weighted by Crippen LogP contribution is -2.41. The summed E-state index contributed by atoms with van der Waals surface area (Å²) in [5.74, 6) is 1.23. The number of carbonyl (C=O) groups is 2. The first-order valence-electron chi connectivity index (χ1n) is 9.11. The number of likely N-dealkylation sites (tertiary alicyclic amines) is 1. The summed E-state index contributed by atoms with van der Waals surface area (Å²) in [6.45, 7) is 1.49. The highest BCUT2D eigenvalue weighted by atomic mass is 16.2. The highest BCUT2D eigenvalue weighted by molar-refractivity contribution is 5.98. The standard InChI is InChI=1S/C20H27NO2/c22-19(15-16-7-3-1-4-8-16)21-13-11-18(12-14-21)20(23)17-9-5-2-6-10-17/h2,5-6,9-10,16,18H,1,3-4,7-8,11-15H2. The number of carbonyl (C=O) groups excluding carboxylic acids is 2. The van der Waals surface area contributed by atoms with Crippen LogP contribution in [0.5, 0.6) is 0 Å². The van der Waals surface area contributed by atoms with Crippen LogP contribution < -0.4 is 0 Å². The molecule has 1 saturated carbocycles. The van der Waals surface area contributed by atoms with E-state index in [9.17, 15) is 9.59 Å². The van der Waals surface area contributed by atoms with Crippen LogP contribution in [-0.4, -0.2) is 29.7 Å². The van der Waals surface area contributed by atoms with E-state index in [-0.39, 0.29) is 11.7 Å². The van der Waals surface area contributed by atoms with Crippen molar-refractivity contribution in [3.8, 4) is 0 Å². The molecule has 0 aromatic heterocycles. The van der Waals surface area contributed by atoms with E-state index in [1.807, 2.05) is 35.2 Å². The summed E-state index contributed by atoms with van der Waals surface area (Å²) in [6, 6.07) is 9.54. The van der Waals surface area contributed by atoms with Gasteiger partial charge in [0.15, 0.2) is 5.78 Å². The van der Waals surface area contributed by atoms with Crippen LogP contribution in [0.25, 0.3) is 0 Å². The molecular formula is C20H27NO2. The van der Waals surface area contributed by atoms with Gasteiger partial charge in [-0.15, -0.1) is 0 Å². The lowest BCUT2D eigenvalue weighted by molar-refractivity contribution is -0.133. The number of nitrogens with zero attached hydrogens (tertiary/aromatic N) is 1. The third-order valence-corrected chi connectivity index (χ3v) is 5.46. The molecule has 2 aliphatic rings. The van der Waals surface area contributed by atoms with Gasteiger partial charge in [0.25, 0.3) is 0 Å². The average molecular weight is 313 g/mol. The fraction of sp³-hybridized carbons (Fsp3) is 0.600. The van der Waals surface area contributed by atoms with Crippen molar-refractivity contribution >= 4 is 11.7 Å². The van der Waals surface area contributed by atoms with Gasteiger partial charge in [0.05, 0.1) is 0 Å². The number of Topliss-reactive ketones (excluding diaryl/α,β-unsaturated/α-hetero) is 1. The Kier molecular flexibility index (Phi) is 5.47. The minimum atomic E-state index is 0.0798. The molecule has 1 saturated heterocycles. The molecule has 0 bridgehead atoms. The number of rotatable bonds is 4. The molecule has 1 heterocycles. The molecular weight excluding hydrogens is 286 g/mol. The normalized spacial score (nSPS) is 20.4. The topological polar surface area (TPSA) is 37.4 Å². The van der Waals surface area contributed by atoms with Crippen LogP contribution in [0.15, 0.2) is 30.3 Å². The molecule has 1 aliphatic carbocycles. The zero-order valence-electron chi connectivity index (χ0n) is 13.9. The smallest absolute Gasteiger partial charge is 0.222 e. The van der Waals surface area contributed by atoms with Crippen LogP contribution in [0.1, 0.15) is 61.7 Å². The van der Waals surface area contributed by atoms with Crippen molar-refractivity contribution in [3.63, 3.8) is 0 Å². The van der Waals surface area contributed by atoms with Gasteiger partial charge in [-0.25, -0.2) is 0 Å². The molecule has 0 spiro atoms. The number of hydrogen-bond acceptors (Lipinski definition) is 2. The molecule has 124 valence electrons. The summed E-state index contributed by atoms with van der Waals surface area (Å²) in [7, 11) is 0. The van der Waals surface area contributed by atoms with Crippen LogP contribution in [0, 0.1) is 11.8 Å². The van der Waals surface area contributed by atoms with Gasteiger partial charge < -0.3 is 4.90 Å². The average Bonchev–Trinajstić information content (AvgIpc) is 2.63. The maximum atomic E-state index is 12.5. The summed E-state index contributed by atoms with van der Waals surface area (Å²) in [4.78, 5) is 26.9. The minimum absolute atomic E-state index is 0.0798. The third kappa shape index (κ3) is 4.21. The van der Waals surface area contributed by atoms with E-state index in [0.717, 1.165) is 37.9 Å². The van der Waals surface area contributed by atoms with Crippen LogP contribution in [-0.2, 0) is 4.79 Å². The molecule has 3 heteroatoms. The van der Waals surface area contributed by atoms with Crippen molar-refractivity contribution in [3.05, 3.63) is 35.9 Å². The molecule has 1 aromatic rings. The van der Waals surface area contributed by atoms with Gasteiger partial charge in [0.1, 0.15) is 0 Å². The van der Waals surface area contributed by atoms with E-state index in [0.29, 0.717) is 11.8 Å². The molecule has 0 radical (unpaired) electrons. The number of piperidine rings is 1. The minimum Gasteiger partial charge on any atom is -0.343 e. The first-order valence-corrected chi connectivity index (χ1v) is 9.11. The monoisotopic (exact) mass is 313 g/mol. The Morgan fingerprint density at radius 3 is 2.22 bits per heavy atom. The Labute approximate surface area is 139 Å². The number of benzene rings is 1. The molecule has 3 rings (SSSR count). The van der Waals surface area contributed by atoms with E-state index < -0.39 is 0 Å². The second-order valence-electron chi connectivity index (χ2n) is 7.09. The zero-order chi connectivity index (χ0) is 16.1. The molecule has 0 unspecified atom stereocenters. The predicted molar refractivity (Wildman–Crippen MR) is 91.3 cm³/mol. The summed E-state index contributed by atoms with van der Waals surface area (Å²) in [5, 5.41) is 0. The molecule has 1 aromatic carbocycles. The van der Waals surface area contributed by atoms with Gasteiger partial charge in [-0.05, 0) is 31.6 Å². The van der Waals surface area contributed by atoms with Gasteiger partial charge in [0.2, 0.25) is 5.91 Å². The number of hydrogen-bond donors (Lipinski definition) is 0. The number of amides is 1. The number of ketones is 1. The van der Waals surface area contributed by atoms with E-state index in [2.05, 4.69) is 0 Å². The molecule has 1 amide bonds. The third-order valence-electron chi connectivity index (χ3n) is 5.46. The van der Waals surface area contributed by atoms with Crippen molar-refractivity contribution in [2.24, 2.45) is 11.8 Å². The molecule has 23 heavy (non-hydrogen) atoms. The van der Waals surface area contributed by atoms with Crippen molar-refractivity contribution in [2.75, 3.05) is 13.1 Å². The van der Waals surface area contributed by atoms with Crippen molar-refractivity contribution < 1.29 is 9.59 Å². The maximum Gasteiger partial charge on any atom is 0.222 e. The van der Waals surface area contributed by atoms with E-state index in [1.54, 1.807) is 0 Å². The first kappa shape index (κ1) is 16.2. The Balaban J connectivity index is 1.48. The maximum absolute atomic E-state index is 12.5. The summed E-state index contributed by atoms with van der Waals surface area (Å²) < 4.78 is 0. The second kappa shape index (κ2) is 7.76. The summed E-state index contributed by atoms with van der Waals surface area (Å²) in [5.41, 5.74) is 0.805. The Morgan fingerprint density at radius 2 is 1.57 bits per heavy atom. The molecule has 1 aliphatic heterocycles. The van der Waals surface area contributed by atoms with Gasteiger partial charge >= 0.3 is 0 Å². The van der Waals surface area contributed by atoms with Crippen LogP contribution in [0.2, 0.25) is 0 Å². The van der Waals surface area contributed by atoms with Gasteiger partial charge in [-0.2, -0.15) is 0 Å². The molecule has 2 fully saturated rings. The first-order chi connectivity index (χ1) is 11.2. The zero-order valence-corrected chi connectivity index (χ0v) is 13.9. The highest BCUT2D eigenvalue weighted by Gasteiger charge is 2.29. The van der Waals surface area contributed by atoms with E-state index in [1.165, 1.54) is 32.1 Å². The van der Waals surface area contributed by atoms with Gasteiger partial charge in [0, 0.05) is 31.0 Å². The summed E-state index contributed by atoms with van der Waals surface area (Å²) in [6.07, 6.45) is 8.67. The molecule has 0 N–H and O–H groups in total. The van der Waals surface area contributed by atoms with Crippen molar-refractivity contribution in [2.45, 2.75) is 51.4 Å². The van der Waals surface area contributed by atoms with Crippen molar-refractivity contribution in [1.29, 1.82) is 0 Å². The lowest BCUT2D eigenvalue weighted by Gasteiger charge is -2.33. The van der Waals surface area contributed by atoms with Gasteiger partial charge in [-0.1, -0.05) is 49.6 Å². The van der Waals surface area contributed by atoms with E-state index >= 15 is 0 Å². The van der Waals surface area contributed by atoms with Gasteiger partial charge in [-0.3, -0.25) is 9.59 Å². The molecule has 3 nitrogen and oxygen atoms in total.